The van der Waals surface area contributed by atoms with E-state index in [1.807, 2.05) is 17.5 Å². The number of rotatable bonds is 6. The second kappa shape index (κ2) is 5.86. The summed E-state index contributed by atoms with van der Waals surface area (Å²) < 4.78 is 5.51. The molecule has 0 spiro atoms. The fraction of sp³-hybridized carbons (Fsp3) is 0.500. The van der Waals surface area contributed by atoms with Gasteiger partial charge in [0.2, 0.25) is 5.89 Å². The third kappa shape index (κ3) is 3.89. The van der Waals surface area contributed by atoms with Crippen molar-refractivity contribution in [3.63, 3.8) is 0 Å². The number of aromatic nitrogens is 1. The van der Waals surface area contributed by atoms with Gasteiger partial charge in [0.05, 0.1) is 10.6 Å². The van der Waals surface area contributed by atoms with Crippen LogP contribution in [0.5, 0.6) is 0 Å². The number of oxazole rings is 1. The minimum absolute atomic E-state index is 0.120. The molecule has 5 heteroatoms. The van der Waals surface area contributed by atoms with Gasteiger partial charge in [-0.3, -0.25) is 4.90 Å². The Morgan fingerprint density at radius 1 is 1.47 bits per heavy atom. The number of nitrogens with zero attached hydrogens (tertiary/aromatic N) is 2. The Morgan fingerprint density at radius 3 is 2.89 bits per heavy atom. The molecular formula is C14H21N3OS. The van der Waals surface area contributed by atoms with Crippen LogP contribution in [0.2, 0.25) is 0 Å². The predicted molar refractivity (Wildman–Crippen MR) is 79.0 cm³/mol. The average Bonchev–Trinajstić information content (AvgIpc) is 2.97. The molecule has 2 N–H and O–H groups in total. The molecule has 0 aliphatic rings. The Bertz CT molecular complexity index is 505. The lowest BCUT2D eigenvalue weighted by atomic mass is 9.93. The van der Waals surface area contributed by atoms with Crippen LogP contribution >= 0.6 is 11.3 Å². The number of hydrogen-bond acceptors (Lipinski definition) is 5. The summed E-state index contributed by atoms with van der Waals surface area (Å²) in [7, 11) is 2.08. The molecular weight excluding hydrogens is 258 g/mol. The highest BCUT2D eigenvalue weighted by Gasteiger charge is 2.19. The number of thiophene rings is 1. The molecule has 4 nitrogen and oxygen atoms in total. The Hall–Kier alpha value is -1.17. The van der Waals surface area contributed by atoms with Gasteiger partial charge in [-0.25, -0.2) is 4.98 Å². The van der Waals surface area contributed by atoms with Crippen molar-refractivity contribution in [3.8, 4) is 10.8 Å². The first-order valence-corrected chi connectivity index (χ1v) is 7.25. The maximum atomic E-state index is 5.76. The largest absolute Gasteiger partial charge is 0.444 e. The Labute approximate surface area is 118 Å². The van der Waals surface area contributed by atoms with Crippen molar-refractivity contribution >= 4 is 11.3 Å². The fourth-order valence-electron chi connectivity index (χ4n) is 2.02. The summed E-state index contributed by atoms with van der Waals surface area (Å²) in [5.74, 6) is 0.705. The molecule has 0 aliphatic carbocycles. The van der Waals surface area contributed by atoms with Crippen molar-refractivity contribution in [1.82, 2.24) is 9.88 Å². The van der Waals surface area contributed by atoms with E-state index in [1.165, 1.54) is 0 Å². The molecule has 2 aromatic rings. The van der Waals surface area contributed by atoms with Gasteiger partial charge in [0.15, 0.2) is 0 Å². The molecule has 0 saturated heterocycles. The van der Waals surface area contributed by atoms with E-state index in [0.717, 1.165) is 23.7 Å². The molecule has 0 saturated carbocycles. The predicted octanol–water partition coefficient (Wildman–Crippen LogP) is 2.82. The van der Waals surface area contributed by atoms with Gasteiger partial charge < -0.3 is 10.2 Å². The minimum Gasteiger partial charge on any atom is -0.444 e. The van der Waals surface area contributed by atoms with Gasteiger partial charge in [0, 0.05) is 13.1 Å². The molecule has 0 atom stereocenters. The van der Waals surface area contributed by atoms with E-state index in [9.17, 15) is 0 Å². The molecule has 0 aliphatic heterocycles. The van der Waals surface area contributed by atoms with Crippen LogP contribution in [0.1, 0.15) is 19.5 Å². The van der Waals surface area contributed by atoms with E-state index >= 15 is 0 Å². The van der Waals surface area contributed by atoms with E-state index in [4.69, 9.17) is 10.2 Å². The third-order valence-electron chi connectivity index (χ3n) is 2.97. The zero-order chi connectivity index (χ0) is 13.9. The summed E-state index contributed by atoms with van der Waals surface area (Å²) in [6.45, 7) is 6.73. The van der Waals surface area contributed by atoms with E-state index in [1.54, 1.807) is 17.6 Å². The Morgan fingerprint density at radius 2 is 2.26 bits per heavy atom. The summed E-state index contributed by atoms with van der Waals surface area (Å²) in [5, 5.41) is 2.02. The molecule has 2 rings (SSSR count). The first kappa shape index (κ1) is 14.2. The Kier molecular flexibility index (Phi) is 4.39. The summed E-state index contributed by atoms with van der Waals surface area (Å²) in [6.07, 6.45) is 1.74. The van der Waals surface area contributed by atoms with Crippen molar-refractivity contribution in [2.45, 2.75) is 20.4 Å². The SMILES string of the molecule is CN(Cc1coc(-c2cccs2)n1)CC(C)(C)CN. The van der Waals surface area contributed by atoms with E-state index in [-0.39, 0.29) is 5.41 Å². The van der Waals surface area contributed by atoms with E-state index in [2.05, 4.69) is 30.8 Å². The normalized spacial score (nSPS) is 12.3. The molecule has 0 amide bonds. The van der Waals surface area contributed by atoms with Gasteiger partial charge in [-0.05, 0) is 30.5 Å². The van der Waals surface area contributed by atoms with Gasteiger partial charge in [-0.2, -0.15) is 0 Å². The summed E-state index contributed by atoms with van der Waals surface area (Å²) in [6, 6.07) is 4.02. The van der Waals surface area contributed by atoms with Gasteiger partial charge in [0.25, 0.3) is 0 Å². The van der Waals surface area contributed by atoms with Crippen LogP contribution in [0, 0.1) is 5.41 Å². The van der Waals surface area contributed by atoms with Crippen LogP contribution in [0.4, 0.5) is 0 Å². The molecule has 19 heavy (non-hydrogen) atoms. The smallest absolute Gasteiger partial charge is 0.236 e. The zero-order valence-electron chi connectivity index (χ0n) is 11.7. The van der Waals surface area contributed by atoms with Gasteiger partial charge >= 0.3 is 0 Å². The highest BCUT2D eigenvalue weighted by molar-refractivity contribution is 7.13. The highest BCUT2D eigenvalue weighted by atomic mass is 32.1. The van der Waals surface area contributed by atoms with Gasteiger partial charge in [0.1, 0.15) is 6.26 Å². The van der Waals surface area contributed by atoms with Crippen molar-refractivity contribution in [3.05, 3.63) is 29.5 Å². The van der Waals surface area contributed by atoms with Crippen molar-refractivity contribution in [1.29, 1.82) is 0 Å². The maximum absolute atomic E-state index is 5.76. The minimum atomic E-state index is 0.120. The molecule has 104 valence electrons. The van der Waals surface area contributed by atoms with Crippen molar-refractivity contribution in [2.75, 3.05) is 20.1 Å². The lowest BCUT2D eigenvalue weighted by Gasteiger charge is -2.28. The lowest BCUT2D eigenvalue weighted by molar-refractivity contribution is 0.208. The second-order valence-electron chi connectivity index (χ2n) is 5.66. The van der Waals surface area contributed by atoms with Crippen LogP contribution in [0.15, 0.2) is 28.2 Å². The average molecular weight is 279 g/mol. The van der Waals surface area contributed by atoms with Crippen LogP contribution in [0.3, 0.4) is 0 Å². The van der Waals surface area contributed by atoms with E-state index in [0.29, 0.717) is 12.4 Å². The standard InChI is InChI=1S/C14H21N3OS/c1-14(2,9-15)10-17(3)7-11-8-18-13(16-11)12-5-4-6-19-12/h4-6,8H,7,9-10,15H2,1-3H3. The summed E-state index contributed by atoms with van der Waals surface area (Å²) >= 11 is 1.64. The lowest BCUT2D eigenvalue weighted by Crippen LogP contribution is -2.36. The molecule has 0 fully saturated rings. The maximum Gasteiger partial charge on any atom is 0.236 e. The first-order chi connectivity index (χ1) is 9.00. The third-order valence-corrected chi connectivity index (χ3v) is 3.82. The van der Waals surface area contributed by atoms with Crippen LogP contribution in [0.25, 0.3) is 10.8 Å². The topological polar surface area (TPSA) is 55.3 Å². The van der Waals surface area contributed by atoms with Gasteiger partial charge in [-0.15, -0.1) is 11.3 Å². The molecule has 0 unspecified atom stereocenters. The second-order valence-corrected chi connectivity index (χ2v) is 6.61. The fourth-order valence-corrected chi connectivity index (χ4v) is 2.68. The van der Waals surface area contributed by atoms with Crippen molar-refractivity contribution in [2.24, 2.45) is 11.1 Å². The monoisotopic (exact) mass is 279 g/mol. The van der Waals surface area contributed by atoms with Crippen LogP contribution in [-0.4, -0.2) is 30.0 Å². The first-order valence-electron chi connectivity index (χ1n) is 6.37. The number of hydrogen-bond donors (Lipinski definition) is 1. The zero-order valence-corrected chi connectivity index (χ0v) is 12.5. The van der Waals surface area contributed by atoms with Crippen molar-refractivity contribution < 1.29 is 4.42 Å². The molecule has 0 bridgehead atoms. The molecule has 2 heterocycles. The molecule has 0 aromatic carbocycles. The number of nitrogens with two attached hydrogens (primary N) is 1. The van der Waals surface area contributed by atoms with E-state index < -0.39 is 0 Å². The summed E-state index contributed by atoms with van der Waals surface area (Å²) in [4.78, 5) is 7.81. The van der Waals surface area contributed by atoms with Gasteiger partial charge in [-0.1, -0.05) is 19.9 Å². The van der Waals surface area contributed by atoms with Crippen LogP contribution < -0.4 is 5.73 Å². The quantitative estimate of drug-likeness (QED) is 0.883. The summed E-state index contributed by atoms with van der Waals surface area (Å²) in [5.41, 5.74) is 6.83. The highest BCUT2D eigenvalue weighted by Crippen LogP contribution is 2.24. The Balaban J connectivity index is 1.97. The van der Waals surface area contributed by atoms with Crippen LogP contribution in [-0.2, 0) is 6.54 Å². The molecule has 0 radical (unpaired) electrons. The molecule has 2 aromatic heterocycles.